The molecule has 3 aromatic rings. The van der Waals surface area contributed by atoms with E-state index in [1.54, 1.807) is 48.7 Å². The number of carbonyl (C=O) groups is 3. The molecule has 1 fully saturated rings. The molecule has 36 heavy (non-hydrogen) atoms. The monoisotopic (exact) mass is 482 g/mol. The first-order valence-electron chi connectivity index (χ1n) is 11.8. The van der Waals surface area contributed by atoms with Gasteiger partial charge in [0.2, 0.25) is 5.91 Å². The van der Waals surface area contributed by atoms with Crippen LogP contribution in [0.15, 0.2) is 72.9 Å². The third kappa shape index (κ3) is 4.99. The molecule has 0 spiro atoms. The number of fused-ring (bicyclic) bond motifs is 1. The summed E-state index contributed by atoms with van der Waals surface area (Å²) in [7, 11) is 0. The molecule has 0 aromatic heterocycles. The zero-order chi connectivity index (χ0) is 25.1. The number of benzene rings is 3. The first-order chi connectivity index (χ1) is 17.5. The van der Waals surface area contributed by atoms with E-state index in [1.807, 2.05) is 24.3 Å². The van der Waals surface area contributed by atoms with Gasteiger partial charge < -0.3 is 25.6 Å². The number of hydrogen-bond acceptors (Lipinski definition) is 6. The second-order valence-electron chi connectivity index (χ2n) is 8.65. The van der Waals surface area contributed by atoms with Crippen molar-refractivity contribution in [2.24, 2.45) is 0 Å². The fourth-order valence-corrected chi connectivity index (χ4v) is 4.33. The van der Waals surface area contributed by atoms with Crippen molar-refractivity contribution in [3.05, 3.63) is 89.6 Å². The van der Waals surface area contributed by atoms with Gasteiger partial charge in [-0.05, 0) is 42.5 Å². The van der Waals surface area contributed by atoms with Gasteiger partial charge in [-0.2, -0.15) is 0 Å². The fraction of sp³-hybridized carbons (Fsp3) is 0.179. The van der Waals surface area contributed by atoms with Crippen LogP contribution in [0.1, 0.15) is 28.4 Å². The fourth-order valence-electron chi connectivity index (χ4n) is 4.33. The van der Waals surface area contributed by atoms with Crippen LogP contribution in [0.25, 0.3) is 5.57 Å². The topological polar surface area (TPSA) is 99.8 Å². The van der Waals surface area contributed by atoms with Gasteiger partial charge in [0.1, 0.15) is 0 Å². The Kier molecular flexibility index (Phi) is 6.51. The zero-order valence-corrected chi connectivity index (χ0v) is 19.8. The summed E-state index contributed by atoms with van der Waals surface area (Å²) in [6.45, 7) is 4.63. The van der Waals surface area contributed by atoms with Gasteiger partial charge in [0.25, 0.3) is 5.91 Å². The second-order valence-corrected chi connectivity index (χ2v) is 8.65. The van der Waals surface area contributed by atoms with E-state index in [0.29, 0.717) is 28.1 Å². The van der Waals surface area contributed by atoms with E-state index in [2.05, 4.69) is 20.9 Å². The molecule has 182 valence electrons. The molecule has 2 aliphatic rings. The van der Waals surface area contributed by atoms with Crippen molar-refractivity contribution >= 4 is 45.9 Å². The molecule has 0 radical (unpaired) electrons. The van der Waals surface area contributed by atoms with E-state index in [9.17, 15) is 14.4 Å². The van der Waals surface area contributed by atoms with Crippen LogP contribution in [0.2, 0.25) is 0 Å². The van der Waals surface area contributed by atoms with Crippen LogP contribution in [0.5, 0.6) is 0 Å². The highest BCUT2D eigenvalue weighted by atomic mass is 16.5. The van der Waals surface area contributed by atoms with E-state index in [0.717, 1.165) is 43.2 Å². The highest BCUT2D eigenvalue weighted by molar-refractivity contribution is 6.32. The van der Waals surface area contributed by atoms with Crippen LogP contribution < -0.4 is 20.9 Å². The number of amides is 2. The minimum atomic E-state index is -0.236. The van der Waals surface area contributed by atoms with E-state index in [4.69, 9.17) is 4.74 Å². The molecular formula is C28H26N4O4. The third-order valence-electron chi connectivity index (χ3n) is 6.14. The molecule has 3 N–H and O–H groups in total. The Balaban J connectivity index is 1.31. The number of ketones is 1. The van der Waals surface area contributed by atoms with Crippen LogP contribution in [0.3, 0.4) is 0 Å². The Morgan fingerprint density at radius 1 is 0.944 bits per heavy atom. The zero-order valence-electron chi connectivity index (χ0n) is 19.8. The van der Waals surface area contributed by atoms with Gasteiger partial charge in [-0.25, -0.2) is 0 Å². The van der Waals surface area contributed by atoms with E-state index in [-0.39, 0.29) is 17.6 Å². The van der Waals surface area contributed by atoms with Crippen molar-refractivity contribution in [2.75, 3.05) is 47.2 Å². The van der Waals surface area contributed by atoms with Crippen LogP contribution in [0, 0.1) is 0 Å². The van der Waals surface area contributed by atoms with Gasteiger partial charge in [0, 0.05) is 65.7 Å². The molecule has 0 unspecified atom stereocenters. The maximum absolute atomic E-state index is 13.0. The summed E-state index contributed by atoms with van der Waals surface area (Å²) in [6.07, 6.45) is 1.68. The lowest BCUT2D eigenvalue weighted by Gasteiger charge is -2.28. The molecule has 0 atom stereocenters. The standard InChI is InChI=1S/C28H26N4O4/c1-18(33)30-22-4-2-3-19(15-22)27(34)20-5-10-24-25(28(35)31-26(24)16-20)17-29-21-6-8-23(9-7-21)32-11-13-36-14-12-32/h2-10,15-17,29H,11-14H2,1H3,(H,30,33)(H,31,35). The molecule has 1 saturated heterocycles. The maximum atomic E-state index is 13.0. The Labute approximate surface area is 209 Å². The van der Waals surface area contributed by atoms with Crippen LogP contribution in [0.4, 0.5) is 22.7 Å². The Bertz CT molecular complexity index is 1360. The quantitative estimate of drug-likeness (QED) is 0.361. The van der Waals surface area contributed by atoms with Crippen molar-refractivity contribution in [2.45, 2.75) is 6.92 Å². The summed E-state index contributed by atoms with van der Waals surface area (Å²) in [5.41, 5.74) is 5.25. The molecule has 8 nitrogen and oxygen atoms in total. The Morgan fingerprint density at radius 2 is 1.69 bits per heavy atom. The van der Waals surface area contributed by atoms with Crippen LogP contribution >= 0.6 is 0 Å². The van der Waals surface area contributed by atoms with Gasteiger partial charge in [-0.15, -0.1) is 0 Å². The molecule has 2 aliphatic heterocycles. The van der Waals surface area contributed by atoms with Crippen molar-refractivity contribution < 1.29 is 19.1 Å². The molecule has 0 aliphatic carbocycles. The highest BCUT2D eigenvalue weighted by Gasteiger charge is 2.25. The largest absolute Gasteiger partial charge is 0.378 e. The van der Waals surface area contributed by atoms with Crippen LogP contribution in [-0.2, 0) is 14.3 Å². The summed E-state index contributed by atoms with van der Waals surface area (Å²) in [5.74, 6) is -0.643. The highest BCUT2D eigenvalue weighted by Crippen LogP contribution is 2.33. The molecule has 2 heterocycles. The van der Waals surface area contributed by atoms with Crippen molar-refractivity contribution in [1.82, 2.24) is 0 Å². The number of hydrogen-bond donors (Lipinski definition) is 3. The third-order valence-corrected chi connectivity index (χ3v) is 6.14. The number of anilines is 4. The summed E-state index contributed by atoms with van der Waals surface area (Å²) < 4.78 is 5.41. The second kappa shape index (κ2) is 10.1. The average Bonchev–Trinajstić information content (AvgIpc) is 3.21. The molecule has 3 aromatic carbocycles. The first kappa shape index (κ1) is 23.3. The summed E-state index contributed by atoms with van der Waals surface area (Å²) in [4.78, 5) is 39.3. The summed E-state index contributed by atoms with van der Waals surface area (Å²) in [6, 6.07) is 20.0. The van der Waals surface area contributed by atoms with E-state index in [1.165, 1.54) is 6.92 Å². The molecule has 2 amide bonds. The number of ether oxygens (including phenoxy) is 1. The van der Waals surface area contributed by atoms with Crippen molar-refractivity contribution in [1.29, 1.82) is 0 Å². The lowest BCUT2D eigenvalue weighted by molar-refractivity contribution is -0.114. The maximum Gasteiger partial charge on any atom is 0.257 e. The number of nitrogens with one attached hydrogen (secondary N) is 3. The normalized spacial score (nSPS) is 15.9. The predicted molar refractivity (Wildman–Crippen MR) is 140 cm³/mol. The molecule has 0 bridgehead atoms. The lowest BCUT2D eigenvalue weighted by Crippen LogP contribution is -2.36. The summed E-state index contributed by atoms with van der Waals surface area (Å²) >= 11 is 0. The smallest absolute Gasteiger partial charge is 0.257 e. The number of rotatable bonds is 6. The number of nitrogens with zero attached hydrogens (tertiary/aromatic N) is 1. The predicted octanol–water partition coefficient (Wildman–Crippen LogP) is 4.12. The van der Waals surface area contributed by atoms with Gasteiger partial charge in [-0.1, -0.05) is 24.3 Å². The van der Waals surface area contributed by atoms with Gasteiger partial charge in [-0.3, -0.25) is 14.4 Å². The average molecular weight is 483 g/mol. The van der Waals surface area contributed by atoms with Crippen molar-refractivity contribution in [3.63, 3.8) is 0 Å². The van der Waals surface area contributed by atoms with Crippen molar-refractivity contribution in [3.8, 4) is 0 Å². The molecular weight excluding hydrogens is 456 g/mol. The van der Waals surface area contributed by atoms with E-state index >= 15 is 0 Å². The van der Waals surface area contributed by atoms with Gasteiger partial charge in [0.15, 0.2) is 5.78 Å². The summed E-state index contributed by atoms with van der Waals surface area (Å²) in [5, 5.41) is 8.73. The van der Waals surface area contributed by atoms with E-state index < -0.39 is 0 Å². The first-order valence-corrected chi connectivity index (χ1v) is 11.8. The molecule has 0 saturated carbocycles. The Morgan fingerprint density at radius 3 is 2.44 bits per heavy atom. The minimum Gasteiger partial charge on any atom is -0.378 e. The molecule has 8 heteroatoms. The number of carbonyl (C=O) groups excluding carboxylic acids is 3. The Hall–Kier alpha value is -4.43. The SMILES string of the molecule is CC(=O)Nc1cccc(C(=O)c2ccc3c(c2)NC(=O)C3=CNc2ccc(N3CCOCC3)cc2)c1. The van der Waals surface area contributed by atoms with Gasteiger partial charge >= 0.3 is 0 Å². The van der Waals surface area contributed by atoms with Gasteiger partial charge in [0.05, 0.1) is 18.8 Å². The van der Waals surface area contributed by atoms with Crippen LogP contribution in [-0.4, -0.2) is 43.9 Å². The minimum absolute atomic E-state index is 0.199. The molecule has 5 rings (SSSR count). The lowest BCUT2D eigenvalue weighted by atomic mass is 9.99. The number of morpholine rings is 1.